The zero-order valence-electron chi connectivity index (χ0n) is 9.94. The average molecular weight is 318 g/mol. The molecular weight excluding hydrogens is 302 g/mol. The van der Waals surface area contributed by atoms with Gasteiger partial charge in [0.15, 0.2) is 0 Å². The average Bonchev–Trinajstić information content (AvgIpc) is 2.69. The number of carbonyl (C=O) groups excluding carboxylic acids is 1. The van der Waals surface area contributed by atoms with Crippen molar-refractivity contribution >= 4 is 33.2 Å². The summed E-state index contributed by atoms with van der Waals surface area (Å²) < 4.78 is 1.02. The molecule has 1 saturated heterocycles. The number of thiophene rings is 1. The number of carbonyl (C=O) groups is 1. The summed E-state index contributed by atoms with van der Waals surface area (Å²) in [5.41, 5.74) is -0.231. The second-order valence-corrected chi connectivity index (χ2v) is 6.99. The van der Waals surface area contributed by atoms with E-state index in [-0.39, 0.29) is 17.6 Å². The first-order valence-corrected chi connectivity index (χ1v) is 7.27. The van der Waals surface area contributed by atoms with Gasteiger partial charge in [0, 0.05) is 26.8 Å². The minimum Gasteiger partial charge on any atom is -0.391 e. The highest BCUT2D eigenvalue weighted by Crippen LogP contribution is 2.30. The maximum atomic E-state index is 12.2. The first-order chi connectivity index (χ1) is 7.88. The molecule has 17 heavy (non-hydrogen) atoms. The van der Waals surface area contributed by atoms with Gasteiger partial charge in [-0.3, -0.25) is 4.79 Å². The molecule has 0 saturated carbocycles. The minimum atomic E-state index is -0.385. The number of amides is 1. The van der Waals surface area contributed by atoms with Crippen LogP contribution in [0.3, 0.4) is 0 Å². The van der Waals surface area contributed by atoms with Gasteiger partial charge in [0.25, 0.3) is 0 Å². The van der Waals surface area contributed by atoms with E-state index in [0.29, 0.717) is 19.4 Å². The fourth-order valence-corrected chi connectivity index (χ4v) is 3.78. The number of likely N-dealkylation sites (tertiary alicyclic amines) is 1. The molecule has 2 rings (SSSR count). The van der Waals surface area contributed by atoms with Crippen molar-refractivity contribution in [2.75, 3.05) is 6.54 Å². The molecule has 2 heterocycles. The molecule has 1 aliphatic heterocycles. The highest BCUT2D eigenvalue weighted by atomic mass is 79.9. The van der Waals surface area contributed by atoms with E-state index in [0.717, 1.165) is 9.35 Å². The fourth-order valence-electron chi connectivity index (χ4n) is 2.34. The van der Waals surface area contributed by atoms with Crippen molar-refractivity contribution in [1.82, 2.24) is 4.90 Å². The summed E-state index contributed by atoms with van der Waals surface area (Å²) in [4.78, 5) is 15.0. The van der Waals surface area contributed by atoms with Crippen molar-refractivity contribution in [3.63, 3.8) is 0 Å². The van der Waals surface area contributed by atoms with Gasteiger partial charge in [0.1, 0.15) is 0 Å². The van der Waals surface area contributed by atoms with Crippen molar-refractivity contribution in [3.8, 4) is 0 Å². The Labute approximate surface area is 114 Å². The van der Waals surface area contributed by atoms with Gasteiger partial charge in [0.05, 0.1) is 12.5 Å². The Bertz CT molecular complexity index is 430. The van der Waals surface area contributed by atoms with E-state index in [1.165, 1.54) is 0 Å². The first-order valence-electron chi connectivity index (χ1n) is 5.60. The van der Waals surface area contributed by atoms with E-state index in [4.69, 9.17) is 0 Å². The summed E-state index contributed by atoms with van der Waals surface area (Å²) in [6.45, 7) is 4.47. The second kappa shape index (κ2) is 4.71. The molecule has 0 bridgehead atoms. The molecule has 94 valence electrons. The van der Waals surface area contributed by atoms with Gasteiger partial charge < -0.3 is 10.0 Å². The lowest BCUT2D eigenvalue weighted by molar-refractivity contribution is -0.133. The number of aliphatic hydroxyl groups excluding tert-OH is 1. The molecule has 1 unspecified atom stereocenters. The summed E-state index contributed by atoms with van der Waals surface area (Å²) in [5, 5.41) is 11.6. The number of hydrogen-bond acceptors (Lipinski definition) is 3. The van der Waals surface area contributed by atoms with Crippen LogP contribution in [-0.2, 0) is 11.2 Å². The molecule has 1 aliphatic rings. The Kier molecular flexibility index (Phi) is 3.61. The molecule has 1 amide bonds. The summed E-state index contributed by atoms with van der Waals surface area (Å²) in [5.74, 6) is 0.0981. The molecule has 0 aromatic carbocycles. The van der Waals surface area contributed by atoms with E-state index >= 15 is 0 Å². The van der Waals surface area contributed by atoms with Crippen molar-refractivity contribution in [2.24, 2.45) is 0 Å². The Morgan fingerprint density at radius 2 is 2.41 bits per heavy atom. The molecule has 1 N–H and O–H groups in total. The van der Waals surface area contributed by atoms with Crippen LogP contribution in [-0.4, -0.2) is 34.1 Å². The highest BCUT2D eigenvalue weighted by molar-refractivity contribution is 9.10. The minimum absolute atomic E-state index is 0.0981. The van der Waals surface area contributed by atoms with Crippen LogP contribution in [0, 0.1) is 0 Å². The predicted molar refractivity (Wildman–Crippen MR) is 72.1 cm³/mol. The molecule has 3 nitrogen and oxygen atoms in total. The molecular formula is C12H16BrNO2S. The van der Waals surface area contributed by atoms with E-state index in [9.17, 15) is 9.90 Å². The number of aliphatic hydroxyl groups is 1. The smallest absolute Gasteiger partial charge is 0.228 e. The molecule has 1 aromatic heterocycles. The number of β-amino-alcohol motifs (C(OH)–C–C–N with tert-alkyl or cyclic N) is 1. The van der Waals surface area contributed by atoms with Gasteiger partial charge in [-0.15, -0.1) is 11.3 Å². The molecule has 1 atom stereocenters. The normalized spacial score (nSPS) is 23.1. The SMILES string of the molecule is CC1(C)CC(O)CN1C(=O)Cc1cc(Br)cs1. The maximum absolute atomic E-state index is 12.2. The zero-order chi connectivity index (χ0) is 12.6. The van der Waals surface area contributed by atoms with Crippen molar-refractivity contribution < 1.29 is 9.90 Å². The van der Waals surface area contributed by atoms with Crippen LogP contribution in [0.25, 0.3) is 0 Å². The third-order valence-electron chi connectivity index (χ3n) is 3.11. The molecule has 0 radical (unpaired) electrons. The highest BCUT2D eigenvalue weighted by Gasteiger charge is 2.40. The van der Waals surface area contributed by atoms with Gasteiger partial charge in [0.2, 0.25) is 5.91 Å². The van der Waals surface area contributed by atoms with Crippen molar-refractivity contribution in [3.05, 3.63) is 20.8 Å². The van der Waals surface area contributed by atoms with Crippen LogP contribution in [0.5, 0.6) is 0 Å². The lowest BCUT2D eigenvalue weighted by Crippen LogP contribution is -2.43. The Morgan fingerprint density at radius 1 is 1.71 bits per heavy atom. The molecule has 5 heteroatoms. The topological polar surface area (TPSA) is 40.5 Å². The van der Waals surface area contributed by atoms with Gasteiger partial charge in [-0.2, -0.15) is 0 Å². The van der Waals surface area contributed by atoms with Crippen LogP contribution in [0.15, 0.2) is 15.9 Å². The number of rotatable bonds is 2. The van der Waals surface area contributed by atoms with Gasteiger partial charge in [-0.1, -0.05) is 0 Å². The summed E-state index contributed by atoms with van der Waals surface area (Å²) in [6, 6.07) is 1.97. The van der Waals surface area contributed by atoms with Crippen LogP contribution in [0.4, 0.5) is 0 Å². The first kappa shape index (κ1) is 13.1. The molecule has 1 fully saturated rings. The summed E-state index contributed by atoms with van der Waals surface area (Å²) >= 11 is 4.96. The van der Waals surface area contributed by atoms with Gasteiger partial charge >= 0.3 is 0 Å². The quantitative estimate of drug-likeness (QED) is 0.910. The standard InChI is InChI=1S/C12H16BrNO2S/c1-12(2)5-9(15)6-14(12)11(16)4-10-3-8(13)7-17-10/h3,7,9,15H,4-6H2,1-2H3. The number of halogens is 1. The van der Waals surface area contributed by atoms with E-state index in [1.807, 2.05) is 25.3 Å². The maximum Gasteiger partial charge on any atom is 0.228 e. The van der Waals surface area contributed by atoms with Crippen molar-refractivity contribution in [1.29, 1.82) is 0 Å². The Hall–Kier alpha value is -0.390. The van der Waals surface area contributed by atoms with Crippen LogP contribution in [0.1, 0.15) is 25.1 Å². The summed E-state index contributed by atoms with van der Waals surface area (Å²) in [6.07, 6.45) is 0.697. The third kappa shape index (κ3) is 2.89. The summed E-state index contributed by atoms with van der Waals surface area (Å²) in [7, 11) is 0. The van der Waals surface area contributed by atoms with Crippen LogP contribution < -0.4 is 0 Å². The van der Waals surface area contributed by atoms with Crippen molar-refractivity contribution in [2.45, 2.75) is 38.3 Å². The zero-order valence-corrected chi connectivity index (χ0v) is 12.3. The van der Waals surface area contributed by atoms with Gasteiger partial charge in [-0.05, 0) is 42.3 Å². The fraction of sp³-hybridized carbons (Fsp3) is 0.583. The molecule has 0 spiro atoms. The van der Waals surface area contributed by atoms with E-state index in [2.05, 4.69) is 15.9 Å². The van der Waals surface area contributed by atoms with Crippen LogP contribution >= 0.6 is 27.3 Å². The third-order valence-corrected chi connectivity index (χ3v) is 4.81. The number of nitrogens with zero attached hydrogens (tertiary/aromatic N) is 1. The van der Waals surface area contributed by atoms with E-state index in [1.54, 1.807) is 16.2 Å². The molecule has 0 aliphatic carbocycles. The predicted octanol–water partition coefficient (Wildman–Crippen LogP) is 2.42. The van der Waals surface area contributed by atoms with E-state index < -0.39 is 0 Å². The lowest BCUT2D eigenvalue weighted by atomic mass is 10.0. The largest absolute Gasteiger partial charge is 0.391 e. The lowest BCUT2D eigenvalue weighted by Gasteiger charge is -2.31. The monoisotopic (exact) mass is 317 g/mol. The second-order valence-electron chi connectivity index (χ2n) is 5.08. The Balaban J connectivity index is 2.05. The molecule has 1 aromatic rings. The van der Waals surface area contributed by atoms with Gasteiger partial charge in [-0.25, -0.2) is 0 Å². The Morgan fingerprint density at radius 3 is 2.88 bits per heavy atom. The van der Waals surface area contributed by atoms with Crippen LogP contribution in [0.2, 0.25) is 0 Å². The number of hydrogen-bond donors (Lipinski definition) is 1.